The Morgan fingerprint density at radius 1 is 1.30 bits per heavy atom. The summed E-state index contributed by atoms with van der Waals surface area (Å²) in [5.74, 6) is -1.01. The van der Waals surface area contributed by atoms with E-state index in [1.807, 2.05) is 13.8 Å². The SMILES string of the molecule is COC(=O)/C1=C\[C@H](OC(C)=O)C(C)(C)/C=C\C(=O)/C(C)=C/CC1. The molecule has 0 bridgehead atoms. The quantitative estimate of drug-likeness (QED) is 0.732. The van der Waals surface area contributed by atoms with Crippen LogP contribution < -0.4 is 0 Å². The summed E-state index contributed by atoms with van der Waals surface area (Å²) in [6.45, 7) is 6.73. The van der Waals surface area contributed by atoms with E-state index >= 15 is 0 Å². The van der Waals surface area contributed by atoms with Crippen LogP contribution in [0.4, 0.5) is 0 Å². The summed E-state index contributed by atoms with van der Waals surface area (Å²) >= 11 is 0. The zero-order chi connectivity index (χ0) is 17.6. The Balaban J connectivity index is 3.35. The molecule has 0 aromatic heterocycles. The van der Waals surface area contributed by atoms with Crippen LogP contribution >= 0.6 is 0 Å². The first kappa shape index (κ1) is 18.9. The second kappa shape index (κ2) is 7.90. The van der Waals surface area contributed by atoms with Gasteiger partial charge in [-0.15, -0.1) is 0 Å². The number of rotatable bonds is 2. The van der Waals surface area contributed by atoms with E-state index in [4.69, 9.17) is 9.47 Å². The van der Waals surface area contributed by atoms with Crippen molar-refractivity contribution in [2.24, 2.45) is 5.41 Å². The third-order valence-corrected chi connectivity index (χ3v) is 3.74. The lowest BCUT2D eigenvalue weighted by Gasteiger charge is -2.29. The molecule has 0 spiro atoms. The molecule has 126 valence electrons. The van der Waals surface area contributed by atoms with Gasteiger partial charge in [0, 0.05) is 17.9 Å². The van der Waals surface area contributed by atoms with Gasteiger partial charge in [-0.05, 0) is 37.5 Å². The topological polar surface area (TPSA) is 69.7 Å². The predicted octanol–water partition coefficient (Wildman–Crippen LogP) is 2.91. The Labute approximate surface area is 137 Å². The Bertz CT molecular complexity index is 578. The molecule has 5 nitrogen and oxygen atoms in total. The molecule has 0 unspecified atom stereocenters. The highest BCUT2D eigenvalue weighted by atomic mass is 16.5. The molecule has 0 amide bonds. The number of esters is 2. The van der Waals surface area contributed by atoms with Crippen LogP contribution in [-0.4, -0.2) is 30.9 Å². The van der Waals surface area contributed by atoms with Gasteiger partial charge in [-0.2, -0.15) is 0 Å². The van der Waals surface area contributed by atoms with Gasteiger partial charge in [-0.1, -0.05) is 26.0 Å². The molecule has 5 heteroatoms. The molecule has 1 aliphatic rings. The van der Waals surface area contributed by atoms with Crippen LogP contribution in [0.15, 0.2) is 35.5 Å². The summed E-state index contributed by atoms with van der Waals surface area (Å²) in [6, 6.07) is 0. The first-order valence-electron chi connectivity index (χ1n) is 7.54. The fraction of sp³-hybridized carbons (Fsp3) is 0.500. The average molecular weight is 320 g/mol. The number of carbonyl (C=O) groups is 3. The third-order valence-electron chi connectivity index (χ3n) is 3.74. The molecule has 1 atom stereocenters. The van der Waals surface area contributed by atoms with Gasteiger partial charge in [0.05, 0.1) is 7.11 Å². The van der Waals surface area contributed by atoms with E-state index in [1.165, 1.54) is 20.1 Å². The van der Waals surface area contributed by atoms with Gasteiger partial charge in [-0.25, -0.2) is 4.79 Å². The predicted molar refractivity (Wildman–Crippen MR) is 86.6 cm³/mol. The molecule has 0 radical (unpaired) electrons. The highest BCUT2D eigenvalue weighted by molar-refractivity contribution is 6.03. The van der Waals surface area contributed by atoms with Gasteiger partial charge >= 0.3 is 11.9 Å². The first-order valence-corrected chi connectivity index (χ1v) is 7.54. The van der Waals surface area contributed by atoms with E-state index in [0.717, 1.165) is 0 Å². The van der Waals surface area contributed by atoms with Gasteiger partial charge in [0.15, 0.2) is 5.78 Å². The minimum Gasteiger partial charge on any atom is -0.466 e. The Morgan fingerprint density at radius 3 is 2.52 bits per heavy atom. The number of ether oxygens (including phenoxy) is 2. The number of hydrogen-bond acceptors (Lipinski definition) is 5. The van der Waals surface area contributed by atoms with Gasteiger partial charge in [0.1, 0.15) is 6.10 Å². The number of ketones is 1. The maximum absolute atomic E-state index is 12.1. The molecule has 0 saturated heterocycles. The Hall–Kier alpha value is -2.17. The fourth-order valence-corrected chi connectivity index (χ4v) is 2.21. The van der Waals surface area contributed by atoms with Gasteiger partial charge in [-0.3, -0.25) is 9.59 Å². The van der Waals surface area contributed by atoms with Crippen LogP contribution in [0.1, 0.15) is 40.5 Å². The van der Waals surface area contributed by atoms with Crippen LogP contribution in [0.25, 0.3) is 0 Å². The van der Waals surface area contributed by atoms with Gasteiger partial charge in [0.2, 0.25) is 0 Å². The standard InChI is InChI=1S/C18H24O5/c1-12-7-6-8-14(17(21)22-5)11-16(23-13(2)19)18(3,4)10-9-15(12)20/h7,9-11,16H,6,8H2,1-5H3/b10-9-,12-7+,14-11-/t16-/m0/s1. The molecule has 0 aliphatic heterocycles. The summed E-state index contributed by atoms with van der Waals surface area (Å²) in [5.41, 5.74) is 0.399. The van der Waals surface area contributed by atoms with E-state index in [9.17, 15) is 14.4 Å². The summed E-state index contributed by atoms with van der Waals surface area (Å²) < 4.78 is 10.2. The van der Waals surface area contributed by atoms with Crippen molar-refractivity contribution >= 4 is 17.7 Å². The second-order valence-electron chi connectivity index (χ2n) is 6.16. The minimum atomic E-state index is -0.670. The third kappa shape index (κ3) is 5.51. The lowest BCUT2D eigenvalue weighted by molar-refractivity contribution is -0.148. The van der Waals surface area contributed by atoms with Crippen LogP contribution in [-0.2, 0) is 23.9 Å². The maximum atomic E-state index is 12.1. The minimum absolute atomic E-state index is 0.0961. The largest absolute Gasteiger partial charge is 0.466 e. The summed E-state index contributed by atoms with van der Waals surface area (Å²) in [7, 11) is 1.31. The smallest absolute Gasteiger partial charge is 0.333 e. The van der Waals surface area contributed by atoms with E-state index in [2.05, 4.69) is 0 Å². The molecule has 0 fully saturated rings. The highest BCUT2D eigenvalue weighted by Crippen LogP contribution is 2.29. The van der Waals surface area contributed by atoms with E-state index in [-0.39, 0.29) is 5.78 Å². The van der Waals surface area contributed by atoms with Crippen molar-refractivity contribution in [2.75, 3.05) is 7.11 Å². The van der Waals surface area contributed by atoms with Crippen molar-refractivity contribution in [3.05, 3.63) is 35.5 Å². The molecule has 0 aromatic rings. The zero-order valence-electron chi connectivity index (χ0n) is 14.3. The molecular weight excluding hydrogens is 296 g/mol. The molecule has 0 N–H and O–H groups in total. The lowest BCUT2D eigenvalue weighted by Crippen LogP contribution is -2.31. The molecule has 0 aromatic carbocycles. The van der Waals surface area contributed by atoms with Crippen LogP contribution in [0.2, 0.25) is 0 Å². The number of carbonyl (C=O) groups excluding carboxylic acids is 3. The van der Waals surface area contributed by atoms with Crippen LogP contribution in [0.3, 0.4) is 0 Å². The monoisotopic (exact) mass is 320 g/mol. The van der Waals surface area contributed by atoms with E-state index in [0.29, 0.717) is 24.0 Å². The van der Waals surface area contributed by atoms with Crippen molar-refractivity contribution in [2.45, 2.75) is 46.6 Å². The fourth-order valence-electron chi connectivity index (χ4n) is 2.21. The average Bonchev–Trinajstić information content (AvgIpc) is 2.49. The van der Waals surface area contributed by atoms with Crippen LogP contribution in [0, 0.1) is 5.41 Å². The maximum Gasteiger partial charge on any atom is 0.333 e. The molecule has 23 heavy (non-hydrogen) atoms. The van der Waals surface area contributed by atoms with Crippen molar-refractivity contribution in [1.82, 2.24) is 0 Å². The van der Waals surface area contributed by atoms with E-state index in [1.54, 1.807) is 25.2 Å². The summed E-state index contributed by atoms with van der Waals surface area (Å²) in [4.78, 5) is 35.4. The first-order chi connectivity index (χ1) is 10.7. The number of methoxy groups -OCH3 is 1. The Morgan fingerprint density at radius 2 is 1.96 bits per heavy atom. The normalized spacial score (nSPS) is 27.5. The number of allylic oxidation sites excluding steroid dienone is 3. The molecule has 0 saturated carbocycles. The molecule has 0 heterocycles. The number of hydrogen-bond donors (Lipinski definition) is 0. The van der Waals surface area contributed by atoms with Crippen LogP contribution in [0.5, 0.6) is 0 Å². The van der Waals surface area contributed by atoms with E-state index < -0.39 is 23.5 Å². The molecule has 1 aliphatic carbocycles. The van der Waals surface area contributed by atoms with Crippen molar-refractivity contribution in [1.29, 1.82) is 0 Å². The zero-order valence-corrected chi connectivity index (χ0v) is 14.3. The van der Waals surface area contributed by atoms with Crippen molar-refractivity contribution in [3.63, 3.8) is 0 Å². The highest BCUT2D eigenvalue weighted by Gasteiger charge is 2.30. The molecule has 1 rings (SSSR count). The molecular formula is C18H24O5. The van der Waals surface area contributed by atoms with Gasteiger partial charge in [0.25, 0.3) is 0 Å². The Kier molecular flexibility index (Phi) is 6.49. The summed E-state index contributed by atoms with van der Waals surface area (Å²) in [5, 5.41) is 0. The van der Waals surface area contributed by atoms with Gasteiger partial charge < -0.3 is 9.47 Å². The summed E-state index contributed by atoms with van der Waals surface area (Å²) in [6.07, 6.45) is 6.87. The van der Waals surface area contributed by atoms with Crippen molar-refractivity contribution < 1.29 is 23.9 Å². The van der Waals surface area contributed by atoms with Crippen molar-refractivity contribution in [3.8, 4) is 0 Å². The second-order valence-corrected chi connectivity index (χ2v) is 6.16. The lowest BCUT2D eigenvalue weighted by atomic mass is 9.84.